The maximum atomic E-state index is 11.4. The summed E-state index contributed by atoms with van der Waals surface area (Å²) in [5.41, 5.74) is 0. The van der Waals surface area contributed by atoms with Crippen LogP contribution in [0.3, 0.4) is 0 Å². The molecule has 0 aromatic rings. The van der Waals surface area contributed by atoms with Crippen molar-refractivity contribution in [3.63, 3.8) is 0 Å². The summed E-state index contributed by atoms with van der Waals surface area (Å²) in [7, 11) is 4.02. The van der Waals surface area contributed by atoms with E-state index < -0.39 is 0 Å². The Kier molecular flexibility index (Phi) is 5.05. The topological polar surface area (TPSA) is 44.4 Å². The molecule has 2 N–H and O–H groups in total. The van der Waals surface area contributed by atoms with E-state index in [0.29, 0.717) is 6.54 Å². The van der Waals surface area contributed by atoms with Gasteiger partial charge in [-0.2, -0.15) is 0 Å². The number of nitrogens with one attached hydrogen (secondary N) is 2. The smallest absolute Gasteiger partial charge is 0.234 e. The summed E-state index contributed by atoms with van der Waals surface area (Å²) < 4.78 is 0. The Bertz CT molecular complexity index is 202. The Balaban J connectivity index is 2.00. The molecule has 0 aromatic carbocycles. The second-order valence-corrected chi connectivity index (χ2v) is 4.81. The lowest BCUT2D eigenvalue weighted by molar-refractivity contribution is -0.120. The fraction of sp³-hybridized carbons (Fsp3) is 0.909. The molecule has 1 unspecified atom stereocenters. The maximum absolute atomic E-state index is 11.4. The molecule has 0 bridgehead atoms. The first-order chi connectivity index (χ1) is 7.08. The standard InChI is InChI=1S/C11H23N3O/c1-9(8-14(2)3)13-11(15)7-12-6-10-4-5-10/h9-10,12H,4-8H2,1-3H3,(H,13,15). The average molecular weight is 213 g/mol. The molecule has 1 fully saturated rings. The highest BCUT2D eigenvalue weighted by atomic mass is 16.1. The summed E-state index contributed by atoms with van der Waals surface area (Å²) in [6.07, 6.45) is 2.65. The maximum Gasteiger partial charge on any atom is 0.234 e. The summed E-state index contributed by atoms with van der Waals surface area (Å²) >= 11 is 0. The fourth-order valence-electron chi connectivity index (χ4n) is 1.63. The fourth-order valence-corrected chi connectivity index (χ4v) is 1.63. The zero-order chi connectivity index (χ0) is 11.3. The van der Waals surface area contributed by atoms with Crippen LogP contribution in [0.4, 0.5) is 0 Å². The van der Waals surface area contributed by atoms with Gasteiger partial charge >= 0.3 is 0 Å². The molecule has 88 valence electrons. The Morgan fingerprint density at radius 1 is 1.47 bits per heavy atom. The van der Waals surface area contributed by atoms with Crippen LogP contribution in [0.1, 0.15) is 19.8 Å². The lowest BCUT2D eigenvalue weighted by atomic mass is 10.3. The molecule has 0 spiro atoms. The van der Waals surface area contributed by atoms with Crippen molar-refractivity contribution in [2.75, 3.05) is 33.7 Å². The highest BCUT2D eigenvalue weighted by Gasteiger charge is 2.20. The van der Waals surface area contributed by atoms with E-state index in [2.05, 4.69) is 15.5 Å². The summed E-state index contributed by atoms with van der Waals surface area (Å²) in [4.78, 5) is 13.5. The number of likely N-dealkylation sites (N-methyl/N-ethyl adjacent to an activating group) is 1. The van der Waals surface area contributed by atoms with Gasteiger partial charge < -0.3 is 15.5 Å². The Labute approximate surface area is 92.4 Å². The predicted octanol–water partition coefficient (Wildman–Crippen LogP) is 0.0523. The quantitative estimate of drug-likeness (QED) is 0.628. The Hall–Kier alpha value is -0.610. The van der Waals surface area contributed by atoms with Crippen molar-refractivity contribution in [2.45, 2.75) is 25.8 Å². The van der Waals surface area contributed by atoms with E-state index >= 15 is 0 Å². The average Bonchev–Trinajstić information content (AvgIpc) is 2.85. The van der Waals surface area contributed by atoms with Gasteiger partial charge in [-0.3, -0.25) is 4.79 Å². The first-order valence-corrected chi connectivity index (χ1v) is 5.72. The van der Waals surface area contributed by atoms with Gasteiger partial charge in [-0.1, -0.05) is 0 Å². The van der Waals surface area contributed by atoms with Crippen molar-refractivity contribution >= 4 is 5.91 Å². The minimum Gasteiger partial charge on any atom is -0.351 e. The van der Waals surface area contributed by atoms with E-state index in [4.69, 9.17) is 0 Å². The lowest BCUT2D eigenvalue weighted by Crippen LogP contribution is -2.43. The summed E-state index contributed by atoms with van der Waals surface area (Å²) in [5, 5.41) is 6.14. The van der Waals surface area contributed by atoms with Crippen molar-refractivity contribution in [1.82, 2.24) is 15.5 Å². The van der Waals surface area contributed by atoms with Gasteiger partial charge in [0.1, 0.15) is 0 Å². The van der Waals surface area contributed by atoms with Crippen molar-refractivity contribution in [3.8, 4) is 0 Å². The molecule has 15 heavy (non-hydrogen) atoms. The van der Waals surface area contributed by atoms with Gasteiger partial charge in [-0.05, 0) is 46.3 Å². The number of hydrogen-bond acceptors (Lipinski definition) is 3. The predicted molar refractivity (Wildman–Crippen MR) is 61.8 cm³/mol. The van der Waals surface area contributed by atoms with E-state index in [1.165, 1.54) is 12.8 Å². The molecule has 0 aromatic heterocycles. The molecule has 0 aliphatic heterocycles. The van der Waals surface area contributed by atoms with Crippen LogP contribution in [0.15, 0.2) is 0 Å². The second-order valence-electron chi connectivity index (χ2n) is 4.81. The van der Waals surface area contributed by atoms with Crippen LogP contribution < -0.4 is 10.6 Å². The highest BCUT2D eigenvalue weighted by molar-refractivity contribution is 5.78. The highest BCUT2D eigenvalue weighted by Crippen LogP contribution is 2.27. The van der Waals surface area contributed by atoms with Crippen LogP contribution in [0.25, 0.3) is 0 Å². The van der Waals surface area contributed by atoms with Crippen molar-refractivity contribution in [1.29, 1.82) is 0 Å². The van der Waals surface area contributed by atoms with E-state index in [9.17, 15) is 4.79 Å². The molecule has 1 atom stereocenters. The third-order valence-electron chi connectivity index (χ3n) is 2.46. The van der Waals surface area contributed by atoms with Crippen LogP contribution >= 0.6 is 0 Å². The molecule has 1 rings (SSSR count). The minimum absolute atomic E-state index is 0.102. The van der Waals surface area contributed by atoms with Gasteiger partial charge in [0.15, 0.2) is 0 Å². The van der Waals surface area contributed by atoms with Gasteiger partial charge in [-0.15, -0.1) is 0 Å². The molecule has 4 nitrogen and oxygen atoms in total. The normalized spacial score (nSPS) is 17.9. The molecule has 0 heterocycles. The molecule has 4 heteroatoms. The van der Waals surface area contributed by atoms with Crippen LogP contribution in [0.5, 0.6) is 0 Å². The number of hydrogen-bond donors (Lipinski definition) is 2. The summed E-state index contributed by atoms with van der Waals surface area (Å²) in [6.45, 7) is 4.36. The van der Waals surface area contributed by atoms with Gasteiger partial charge in [0.2, 0.25) is 5.91 Å². The number of carbonyl (C=O) groups excluding carboxylic acids is 1. The largest absolute Gasteiger partial charge is 0.351 e. The van der Waals surface area contributed by atoms with E-state index in [0.717, 1.165) is 19.0 Å². The number of rotatable bonds is 7. The number of carbonyl (C=O) groups is 1. The molecular weight excluding hydrogens is 190 g/mol. The molecule has 0 saturated heterocycles. The first-order valence-electron chi connectivity index (χ1n) is 5.72. The van der Waals surface area contributed by atoms with Crippen molar-refractivity contribution < 1.29 is 4.79 Å². The first kappa shape index (κ1) is 12.5. The molecular formula is C11H23N3O. The van der Waals surface area contributed by atoms with Gasteiger partial charge in [0, 0.05) is 12.6 Å². The minimum atomic E-state index is 0.102. The van der Waals surface area contributed by atoms with Crippen LogP contribution in [-0.4, -0.2) is 50.6 Å². The molecule has 1 aliphatic carbocycles. The third-order valence-corrected chi connectivity index (χ3v) is 2.46. The summed E-state index contributed by atoms with van der Waals surface area (Å²) in [5.74, 6) is 0.932. The molecule has 1 saturated carbocycles. The van der Waals surface area contributed by atoms with Gasteiger partial charge in [0.25, 0.3) is 0 Å². The SMILES string of the molecule is CC(CN(C)C)NC(=O)CNCC1CC1. The van der Waals surface area contributed by atoms with Crippen molar-refractivity contribution in [3.05, 3.63) is 0 Å². The molecule has 0 radical (unpaired) electrons. The van der Waals surface area contributed by atoms with Crippen LogP contribution in [-0.2, 0) is 4.79 Å². The van der Waals surface area contributed by atoms with E-state index in [-0.39, 0.29) is 11.9 Å². The van der Waals surface area contributed by atoms with Gasteiger partial charge in [0.05, 0.1) is 6.54 Å². The monoisotopic (exact) mass is 213 g/mol. The zero-order valence-corrected chi connectivity index (χ0v) is 10.0. The molecule has 1 aliphatic rings. The van der Waals surface area contributed by atoms with Crippen LogP contribution in [0, 0.1) is 5.92 Å². The summed E-state index contributed by atoms with van der Waals surface area (Å²) in [6, 6.07) is 0.218. The number of amides is 1. The number of nitrogens with zero attached hydrogens (tertiary/aromatic N) is 1. The lowest BCUT2D eigenvalue weighted by Gasteiger charge is -2.18. The third kappa shape index (κ3) is 6.47. The molecule has 1 amide bonds. The second kappa shape index (κ2) is 6.08. The van der Waals surface area contributed by atoms with E-state index in [1.54, 1.807) is 0 Å². The Morgan fingerprint density at radius 3 is 2.67 bits per heavy atom. The van der Waals surface area contributed by atoms with E-state index in [1.807, 2.05) is 21.0 Å². The Morgan fingerprint density at radius 2 is 2.13 bits per heavy atom. The van der Waals surface area contributed by atoms with Crippen molar-refractivity contribution in [2.24, 2.45) is 5.92 Å². The van der Waals surface area contributed by atoms with Gasteiger partial charge in [-0.25, -0.2) is 0 Å². The zero-order valence-electron chi connectivity index (χ0n) is 10.0. The van der Waals surface area contributed by atoms with Crippen LogP contribution in [0.2, 0.25) is 0 Å².